The maximum atomic E-state index is 5.65. The molecular weight excluding hydrogens is 240 g/mol. The van der Waals surface area contributed by atoms with E-state index in [0.29, 0.717) is 11.5 Å². The summed E-state index contributed by atoms with van der Waals surface area (Å²) < 4.78 is 5.65. The van der Waals surface area contributed by atoms with Gasteiger partial charge < -0.3 is 4.74 Å². The van der Waals surface area contributed by atoms with Crippen molar-refractivity contribution in [2.45, 2.75) is 58.5 Å². The van der Waals surface area contributed by atoms with Gasteiger partial charge in [0.05, 0.1) is 6.10 Å². The second-order valence-electron chi connectivity index (χ2n) is 4.86. The molecule has 1 saturated carbocycles. The molecule has 0 aromatic rings. The quantitative estimate of drug-likeness (QED) is 0.677. The number of ether oxygens (including phenoxy) is 1. The Morgan fingerprint density at radius 1 is 1.21 bits per heavy atom. The van der Waals surface area contributed by atoms with Gasteiger partial charge in [0.1, 0.15) is 0 Å². The fraction of sp³-hybridized carbons (Fsp3) is 1.00. The molecule has 14 heavy (non-hydrogen) atoms. The molecule has 0 aromatic carbocycles. The van der Waals surface area contributed by atoms with Crippen molar-refractivity contribution in [3.05, 3.63) is 0 Å². The Morgan fingerprint density at radius 2 is 1.86 bits per heavy atom. The van der Waals surface area contributed by atoms with Crippen LogP contribution in [0.25, 0.3) is 0 Å². The first-order valence-corrected chi connectivity index (χ1v) is 6.98. The van der Waals surface area contributed by atoms with Gasteiger partial charge in [-0.1, -0.05) is 35.2 Å². The van der Waals surface area contributed by atoms with E-state index < -0.39 is 0 Å². The van der Waals surface area contributed by atoms with Crippen LogP contribution in [0.15, 0.2) is 0 Å². The Bertz CT molecular complexity index is 150. The zero-order chi connectivity index (χ0) is 10.4. The summed E-state index contributed by atoms with van der Waals surface area (Å²) in [7, 11) is 0. The van der Waals surface area contributed by atoms with E-state index in [1.807, 2.05) is 0 Å². The summed E-state index contributed by atoms with van der Waals surface area (Å²) in [5.41, 5.74) is 0.549. The van der Waals surface area contributed by atoms with Gasteiger partial charge in [-0.3, -0.25) is 0 Å². The Hall–Kier alpha value is 0.440. The van der Waals surface area contributed by atoms with E-state index in [-0.39, 0.29) is 0 Å². The van der Waals surface area contributed by atoms with Crippen LogP contribution in [0.1, 0.15) is 52.4 Å². The molecule has 0 aliphatic heterocycles. The van der Waals surface area contributed by atoms with E-state index in [9.17, 15) is 0 Å². The SMILES string of the molecule is CC(C)OCCC1(CBr)CCCCC1. The maximum absolute atomic E-state index is 5.65. The van der Waals surface area contributed by atoms with Crippen molar-refractivity contribution in [3.8, 4) is 0 Å². The van der Waals surface area contributed by atoms with Gasteiger partial charge in [-0.05, 0) is 38.5 Å². The molecule has 1 aliphatic rings. The highest BCUT2D eigenvalue weighted by molar-refractivity contribution is 9.09. The van der Waals surface area contributed by atoms with Gasteiger partial charge in [0.25, 0.3) is 0 Å². The molecule has 0 unspecified atom stereocenters. The minimum Gasteiger partial charge on any atom is -0.379 e. The molecule has 0 radical (unpaired) electrons. The molecule has 1 fully saturated rings. The zero-order valence-electron chi connectivity index (χ0n) is 9.52. The van der Waals surface area contributed by atoms with Crippen molar-refractivity contribution in [1.82, 2.24) is 0 Å². The maximum Gasteiger partial charge on any atom is 0.0518 e. The van der Waals surface area contributed by atoms with Gasteiger partial charge in [0, 0.05) is 11.9 Å². The summed E-state index contributed by atoms with van der Waals surface area (Å²) in [6, 6.07) is 0. The van der Waals surface area contributed by atoms with Crippen molar-refractivity contribution in [1.29, 1.82) is 0 Å². The molecule has 1 rings (SSSR count). The molecule has 0 N–H and O–H groups in total. The fourth-order valence-electron chi connectivity index (χ4n) is 2.26. The summed E-state index contributed by atoms with van der Waals surface area (Å²) in [6.45, 7) is 5.16. The molecule has 0 bridgehead atoms. The van der Waals surface area contributed by atoms with Crippen LogP contribution < -0.4 is 0 Å². The minimum absolute atomic E-state index is 0.381. The van der Waals surface area contributed by atoms with E-state index >= 15 is 0 Å². The molecule has 2 heteroatoms. The number of rotatable bonds is 5. The van der Waals surface area contributed by atoms with Crippen molar-refractivity contribution < 1.29 is 4.74 Å². The normalized spacial score (nSPS) is 21.4. The molecule has 0 saturated heterocycles. The van der Waals surface area contributed by atoms with E-state index in [1.54, 1.807) is 0 Å². The summed E-state index contributed by atoms with van der Waals surface area (Å²) in [5.74, 6) is 0. The van der Waals surface area contributed by atoms with Crippen molar-refractivity contribution >= 4 is 15.9 Å². The second-order valence-corrected chi connectivity index (χ2v) is 5.42. The van der Waals surface area contributed by atoms with Crippen LogP contribution in [0, 0.1) is 5.41 Å². The van der Waals surface area contributed by atoms with Crippen molar-refractivity contribution in [2.24, 2.45) is 5.41 Å². The van der Waals surface area contributed by atoms with Gasteiger partial charge in [-0.25, -0.2) is 0 Å². The predicted octanol–water partition coefficient (Wildman–Crippen LogP) is 4.15. The average molecular weight is 263 g/mol. The molecule has 0 aromatic heterocycles. The summed E-state index contributed by atoms with van der Waals surface area (Å²) in [5, 5.41) is 1.15. The Morgan fingerprint density at radius 3 is 2.36 bits per heavy atom. The van der Waals surface area contributed by atoms with Gasteiger partial charge in [0.2, 0.25) is 0 Å². The van der Waals surface area contributed by atoms with Crippen LogP contribution in [0.4, 0.5) is 0 Å². The number of alkyl halides is 1. The van der Waals surface area contributed by atoms with Crippen molar-refractivity contribution in [2.75, 3.05) is 11.9 Å². The summed E-state index contributed by atoms with van der Waals surface area (Å²) in [4.78, 5) is 0. The third-order valence-electron chi connectivity index (χ3n) is 3.28. The van der Waals surface area contributed by atoms with Crippen LogP contribution in [0.3, 0.4) is 0 Å². The second kappa shape index (κ2) is 6.12. The fourth-order valence-corrected chi connectivity index (χ4v) is 3.10. The molecule has 0 amide bonds. The summed E-state index contributed by atoms with van der Waals surface area (Å²) in [6.07, 6.45) is 8.64. The Balaban J connectivity index is 2.29. The Kier molecular flexibility index (Phi) is 5.47. The highest BCUT2D eigenvalue weighted by atomic mass is 79.9. The largest absolute Gasteiger partial charge is 0.379 e. The van der Waals surface area contributed by atoms with Crippen LogP contribution in [-0.2, 0) is 4.74 Å². The molecule has 0 atom stereocenters. The van der Waals surface area contributed by atoms with E-state index in [1.165, 1.54) is 38.5 Å². The highest BCUT2D eigenvalue weighted by Gasteiger charge is 2.30. The molecule has 1 nitrogen and oxygen atoms in total. The number of halogens is 1. The predicted molar refractivity (Wildman–Crippen MR) is 65.0 cm³/mol. The van der Waals surface area contributed by atoms with Gasteiger partial charge in [-0.2, -0.15) is 0 Å². The first kappa shape index (κ1) is 12.5. The Labute approximate surface area is 96.7 Å². The lowest BCUT2D eigenvalue weighted by molar-refractivity contribution is 0.0465. The van der Waals surface area contributed by atoms with Crippen LogP contribution in [0.5, 0.6) is 0 Å². The number of hydrogen-bond acceptors (Lipinski definition) is 1. The summed E-state index contributed by atoms with van der Waals surface area (Å²) >= 11 is 3.68. The van der Waals surface area contributed by atoms with Crippen molar-refractivity contribution in [3.63, 3.8) is 0 Å². The molecule has 0 spiro atoms. The average Bonchev–Trinajstić information content (AvgIpc) is 2.19. The molecule has 84 valence electrons. The van der Waals surface area contributed by atoms with E-state index in [2.05, 4.69) is 29.8 Å². The van der Waals surface area contributed by atoms with Crippen LogP contribution in [-0.4, -0.2) is 18.0 Å². The molecule has 1 aliphatic carbocycles. The first-order valence-electron chi connectivity index (χ1n) is 5.86. The number of hydrogen-bond donors (Lipinski definition) is 0. The zero-order valence-corrected chi connectivity index (χ0v) is 11.1. The lowest BCUT2D eigenvalue weighted by atomic mass is 9.74. The lowest BCUT2D eigenvalue weighted by Gasteiger charge is -2.35. The third-order valence-corrected chi connectivity index (χ3v) is 4.47. The topological polar surface area (TPSA) is 9.23 Å². The van der Waals surface area contributed by atoms with Gasteiger partial charge in [-0.15, -0.1) is 0 Å². The van der Waals surface area contributed by atoms with Crippen LogP contribution >= 0.6 is 15.9 Å². The standard InChI is InChI=1S/C12H23BrO/c1-11(2)14-9-8-12(10-13)6-4-3-5-7-12/h11H,3-10H2,1-2H3. The molecular formula is C12H23BrO. The molecule has 0 heterocycles. The monoisotopic (exact) mass is 262 g/mol. The smallest absolute Gasteiger partial charge is 0.0518 e. The third kappa shape index (κ3) is 3.90. The highest BCUT2D eigenvalue weighted by Crippen LogP contribution is 2.40. The first-order chi connectivity index (χ1) is 6.68. The minimum atomic E-state index is 0.381. The van der Waals surface area contributed by atoms with Crippen LogP contribution in [0.2, 0.25) is 0 Å². The lowest BCUT2D eigenvalue weighted by Crippen LogP contribution is -2.28. The van der Waals surface area contributed by atoms with E-state index in [4.69, 9.17) is 4.74 Å². The van der Waals surface area contributed by atoms with Gasteiger partial charge >= 0.3 is 0 Å². The van der Waals surface area contributed by atoms with E-state index in [0.717, 1.165) is 11.9 Å². The van der Waals surface area contributed by atoms with Gasteiger partial charge in [0.15, 0.2) is 0 Å².